The van der Waals surface area contributed by atoms with Crippen molar-refractivity contribution in [1.29, 1.82) is 0 Å². The van der Waals surface area contributed by atoms with E-state index in [0.29, 0.717) is 6.42 Å². The second-order valence-corrected chi connectivity index (χ2v) is 4.01. The van der Waals surface area contributed by atoms with Gasteiger partial charge in [0, 0.05) is 13.1 Å². The first-order valence-electron chi connectivity index (χ1n) is 5.89. The van der Waals surface area contributed by atoms with Gasteiger partial charge < -0.3 is 20.1 Å². The molecular formula is C13H18NNaO4. The number of carbonyl (C=O) groups excluding carboxylic acids is 1. The summed E-state index contributed by atoms with van der Waals surface area (Å²) in [5.41, 5.74) is 0.882. The second kappa shape index (κ2) is 10.4. The van der Waals surface area contributed by atoms with Gasteiger partial charge in [0.05, 0.1) is 25.2 Å². The standard InChI is InChI=1S/C13H19NO4.Na/c15-8-6-14(7-9-16)12(13(17)18)10-11-4-2-1-3-5-11;/h1-5,12,15-16H,6-10H2,(H,17,18);/q;+1/p-1. The molecule has 6 heteroatoms. The van der Waals surface area contributed by atoms with Gasteiger partial charge in [-0.05, 0) is 12.0 Å². The molecule has 5 nitrogen and oxygen atoms in total. The Morgan fingerprint density at radius 1 is 1.16 bits per heavy atom. The number of benzene rings is 1. The van der Waals surface area contributed by atoms with Crippen LogP contribution in [0.15, 0.2) is 30.3 Å². The van der Waals surface area contributed by atoms with Gasteiger partial charge in [-0.1, -0.05) is 30.3 Å². The van der Waals surface area contributed by atoms with E-state index in [-0.39, 0.29) is 55.9 Å². The Kier molecular flexibility index (Phi) is 10.1. The maximum absolute atomic E-state index is 11.2. The Balaban J connectivity index is 0.00000324. The molecule has 19 heavy (non-hydrogen) atoms. The molecule has 2 N–H and O–H groups in total. The van der Waals surface area contributed by atoms with Crippen LogP contribution in [-0.2, 0) is 11.2 Å². The third-order valence-corrected chi connectivity index (χ3v) is 2.76. The van der Waals surface area contributed by atoms with Crippen molar-refractivity contribution in [3.05, 3.63) is 35.9 Å². The van der Waals surface area contributed by atoms with Crippen LogP contribution >= 0.6 is 0 Å². The van der Waals surface area contributed by atoms with Gasteiger partial charge in [-0.25, -0.2) is 0 Å². The minimum atomic E-state index is -1.19. The van der Waals surface area contributed by atoms with E-state index >= 15 is 0 Å². The summed E-state index contributed by atoms with van der Waals surface area (Å²) in [5, 5.41) is 29.0. The first kappa shape index (κ1) is 18.6. The number of aliphatic hydroxyl groups excluding tert-OH is 2. The van der Waals surface area contributed by atoms with Crippen LogP contribution in [0.2, 0.25) is 0 Å². The van der Waals surface area contributed by atoms with Gasteiger partial charge in [0.25, 0.3) is 0 Å². The van der Waals surface area contributed by atoms with Crippen molar-refractivity contribution in [2.24, 2.45) is 0 Å². The van der Waals surface area contributed by atoms with E-state index in [1.807, 2.05) is 30.3 Å². The summed E-state index contributed by atoms with van der Waals surface area (Å²) in [4.78, 5) is 12.7. The normalized spacial score (nSPS) is 11.9. The molecule has 0 bridgehead atoms. The van der Waals surface area contributed by atoms with Crippen molar-refractivity contribution < 1.29 is 49.7 Å². The molecule has 0 fully saturated rings. The third kappa shape index (κ3) is 6.51. The van der Waals surface area contributed by atoms with Crippen LogP contribution in [0.25, 0.3) is 0 Å². The second-order valence-electron chi connectivity index (χ2n) is 4.01. The molecule has 0 saturated carbocycles. The molecule has 0 aliphatic carbocycles. The molecular weight excluding hydrogens is 257 g/mol. The van der Waals surface area contributed by atoms with Gasteiger partial charge in [0.1, 0.15) is 0 Å². The summed E-state index contributed by atoms with van der Waals surface area (Å²) in [6, 6.07) is 8.37. The van der Waals surface area contributed by atoms with E-state index in [1.165, 1.54) is 4.90 Å². The average Bonchev–Trinajstić information content (AvgIpc) is 2.37. The Bertz CT molecular complexity index is 355. The monoisotopic (exact) mass is 275 g/mol. The minimum absolute atomic E-state index is 0. The summed E-state index contributed by atoms with van der Waals surface area (Å²) in [6.45, 7) is 0.0925. The van der Waals surface area contributed by atoms with Crippen molar-refractivity contribution in [3.8, 4) is 0 Å². The number of carboxylic acids is 1. The fourth-order valence-electron chi connectivity index (χ4n) is 1.88. The molecule has 0 amide bonds. The van der Waals surface area contributed by atoms with Crippen LogP contribution < -0.4 is 34.7 Å². The van der Waals surface area contributed by atoms with Crippen LogP contribution in [0, 0.1) is 0 Å². The Morgan fingerprint density at radius 2 is 1.68 bits per heavy atom. The fraction of sp³-hybridized carbons (Fsp3) is 0.462. The van der Waals surface area contributed by atoms with E-state index in [9.17, 15) is 9.90 Å². The number of carbonyl (C=O) groups is 1. The van der Waals surface area contributed by atoms with Crippen LogP contribution in [0.1, 0.15) is 5.56 Å². The number of aliphatic carboxylic acids is 1. The molecule has 0 saturated heterocycles. The topological polar surface area (TPSA) is 83.8 Å². The van der Waals surface area contributed by atoms with Gasteiger partial charge in [-0.2, -0.15) is 0 Å². The molecule has 0 heterocycles. The van der Waals surface area contributed by atoms with Crippen molar-refractivity contribution in [2.45, 2.75) is 12.5 Å². The maximum atomic E-state index is 11.2. The molecule has 0 aliphatic heterocycles. The Hall–Kier alpha value is -0.430. The van der Waals surface area contributed by atoms with Gasteiger partial charge in [0.2, 0.25) is 0 Å². The summed E-state index contributed by atoms with van der Waals surface area (Å²) in [6.07, 6.45) is 0.295. The smallest absolute Gasteiger partial charge is 0.548 e. The number of rotatable bonds is 8. The van der Waals surface area contributed by atoms with Crippen molar-refractivity contribution in [2.75, 3.05) is 26.3 Å². The molecule has 0 aliphatic rings. The zero-order chi connectivity index (χ0) is 13.4. The quantitative estimate of drug-likeness (QED) is 0.468. The third-order valence-electron chi connectivity index (χ3n) is 2.76. The van der Waals surface area contributed by atoms with Crippen LogP contribution in [-0.4, -0.2) is 53.4 Å². The predicted octanol–water partition coefficient (Wildman–Crippen LogP) is -4.36. The summed E-state index contributed by atoms with van der Waals surface area (Å²) < 4.78 is 0. The molecule has 1 unspecified atom stereocenters. The van der Waals surface area contributed by atoms with Crippen molar-refractivity contribution >= 4 is 5.97 Å². The summed E-state index contributed by atoms with van der Waals surface area (Å²) >= 11 is 0. The molecule has 0 radical (unpaired) electrons. The predicted molar refractivity (Wildman–Crippen MR) is 64.7 cm³/mol. The SMILES string of the molecule is O=C([O-])C(Cc1ccccc1)N(CCO)CCO.[Na+]. The molecule has 1 aromatic rings. The zero-order valence-corrected chi connectivity index (χ0v) is 13.2. The van der Waals surface area contributed by atoms with E-state index < -0.39 is 12.0 Å². The van der Waals surface area contributed by atoms with Gasteiger partial charge in [-0.15, -0.1) is 0 Å². The minimum Gasteiger partial charge on any atom is -0.548 e. The van der Waals surface area contributed by atoms with E-state index in [1.54, 1.807) is 0 Å². The average molecular weight is 275 g/mol. The molecule has 1 aromatic carbocycles. The number of hydrogen-bond acceptors (Lipinski definition) is 5. The Morgan fingerprint density at radius 3 is 2.11 bits per heavy atom. The summed E-state index contributed by atoms with van der Waals surface area (Å²) in [5.74, 6) is -1.19. The van der Waals surface area contributed by atoms with Crippen LogP contribution in [0.4, 0.5) is 0 Å². The molecule has 1 atom stereocenters. The van der Waals surface area contributed by atoms with E-state index in [2.05, 4.69) is 0 Å². The van der Waals surface area contributed by atoms with Crippen LogP contribution in [0.5, 0.6) is 0 Å². The largest absolute Gasteiger partial charge is 1.00 e. The van der Waals surface area contributed by atoms with Crippen molar-refractivity contribution in [3.63, 3.8) is 0 Å². The van der Waals surface area contributed by atoms with Crippen molar-refractivity contribution in [1.82, 2.24) is 4.90 Å². The zero-order valence-electron chi connectivity index (χ0n) is 11.2. The van der Waals surface area contributed by atoms with Crippen LogP contribution in [0.3, 0.4) is 0 Å². The fourth-order valence-corrected chi connectivity index (χ4v) is 1.88. The number of carboxylic acid groups (broad SMARTS) is 1. The van der Waals surface area contributed by atoms with E-state index in [4.69, 9.17) is 10.2 Å². The summed E-state index contributed by atoms with van der Waals surface area (Å²) in [7, 11) is 0. The molecule has 0 aromatic heterocycles. The molecule has 1 rings (SSSR count). The Labute approximate surface area is 135 Å². The molecule has 100 valence electrons. The first-order valence-corrected chi connectivity index (χ1v) is 5.89. The van der Waals surface area contributed by atoms with E-state index in [0.717, 1.165) is 5.56 Å². The maximum Gasteiger partial charge on any atom is 1.00 e. The number of nitrogens with zero attached hydrogens (tertiary/aromatic N) is 1. The number of hydrogen-bond donors (Lipinski definition) is 2. The van der Waals surface area contributed by atoms with Gasteiger partial charge >= 0.3 is 29.6 Å². The van der Waals surface area contributed by atoms with Gasteiger partial charge in [0.15, 0.2) is 0 Å². The van der Waals surface area contributed by atoms with Gasteiger partial charge in [-0.3, -0.25) is 4.90 Å². The molecule has 0 spiro atoms. The number of aliphatic hydroxyl groups is 2. The first-order chi connectivity index (χ1) is 8.69.